The number of nitrogens with zero attached hydrogens (tertiary/aromatic N) is 1. The fourth-order valence-electron chi connectivity index (χ4n) is 2.80. The maximum atomic E-state index is 13.1. The Balaban J connectivity index is 1.83. The van der Waals surface area contributed by atoms with E-state index in [1.165, 1.54) is 31.4 Å². The van der Waals surface area contributed by atoms with Gasteiger partial charge >= 0.3 is 0 Å². The largest absolute Gasteiger partial charge is 0.493 e. The van der Waals surface area contributed by atoms with E-state index in [-0.39, 0.29) is 18.0 Å². The maximum absolute atomic E-state index is 13.1. The zero-order valence-corrected chi connectivity index (χ0v) is 20.8. The molecule has 0 aliphatic heterocycles. The lowest BCUT2D eigenvalue weighted by atomic mass is 10.1. The molecule has 0 bridgehead atoms. The summed E-state index contributed by atoms with van der Waals surface area (Å²) in [5.41, 5.74) is 1.52. The first-order valence-corrected chi connectivity index (χ1v) is 11.3. The summed E-state index contributed by atoms with van der Waals surface area (Å²) in [6.07, 6.45) is 1.43. The quantitative estimate of drug-likeness (QED) is 0.184. The lowest BCUT2D eigenvalue weighted by Gasteiger charge is -2.14. The maximum Gasteiger partial charge on any atom is 0.266 e. The number of nitriles is 1. The standard InChI is InChI=1S/C24H16Cl2FIN2O3/c1-32-22-10-15(9-20(28)23(22)33-13-14-2-5-18(27)6-3-14)8-16(12-29)24(31)30-21-11-17(25)4-7-19(21)26/h2-11H,13H2,1H3,(H,30,31)/b16-8+. The predicted molar refractivity (Wildman–Crippen MR) is 135 cm³/mol. The van der Waals surface area contributed by atoms with Crippen molar-refractivity contribution in [1.82, 2.24) is 0 Å². The van der Waals surface area contributed by atoms with Gasteiger partial charge in [0.15, 0.2) is 11.5 Å². The third-order valence-electron chi connectivity index (χ3n) is 4.40. The normalized spacial score (nSPS) is 11.0. The zero-order chi connectivity index (χ0) is 24.0. The Bertz CT molecular complexity index is 1260. The van der Waals surface area contributed by atoms with Crippen LogP contribution in [0.25, 0.3) is 6.08 Å². The number of halogens is 4. The second-order valence-corrected chi connectivity index (χ2v) is 8.70. The number of carbonyl (C=O) groups is 1. The molecule has 0 unspecified atom stereocenters. The first kappa shape index (κ1) is 24.8. The highest BCUT2D eigenvalue weighted by atomic mass is 127. The minimum atomic E-state index is -0.632. The van der Waals surface area contributed by atoms with Crippen LogP contribution < -0.4 is 14.8 Å². The summed E-state index contributed by atoms with van der Waals surface area (Å²) in [7, 11) is 1.49. The number of benzene rings is 3. The minimum Gasteiger partial charge on any atom is -0.493 e. The van der Waals surface area contributed by atoms with Crippen LogP contribution in [0.2, 0.25) is 10.0 Å². The summed E-state index contributed by atoms with van der Waals surface area (Å²) < 4.78 is 25.1. The SMILES string of the molecule is COc1cc(/C=C(\C#N)C(=O)Nc2cc(Cl)ccc2Cl)cc(I)c1OCc1ccc(F)cc1. The molecule has 0 fully saturated rings. The number of anilines is 1. The van der Waals surface area contributed by atoms with Crippen molar-refractivity contribution in [3.63, 3.8) is 0 Å². The van der Waals surface area contributed by atoms with Crippen molar-refractivity contribution in [2.24, 2.45) is 0 Å². The van der Waals surface area contributed by atoms with Gasteiger partial charge in [-0.1, -0.05) is 35.3 Å². The van der Waals surface area contributed by atoms with Crippen LogP contribution in [0.4, 0.5) is 10.1 Å². The van der Waals surface area contributed by atoms with E-state index >= 15 is 0 Å². The Hall–Kier alpha value is -2.80. The first-order chi connectivity index (χ1) is 15.8. The van der Waals surface area contributed by atoms with Crippen LogP contribution in [-0.2, 0) is 11.4 Å². The highest BCUT2D eigenvalue weighted by molar-refractivity contribution is 14.1. The summed E-state index contributed by atoms with van der Waals surface area (Å²) in [5.74, 6) is -0.0385. The van der Waals surface area contributed by atoms with E-state index in [1.807, 2.05) is 6.07 Å². The average Bonchev–Trinajstić information content (AvgIpc) is 2.79. The molecule has 5 nitrogen and oxygen atoms in total. The average molecular weight is 597 g/mol. The molecular weight excluding hydrogens is 581 g/mol. The number of nitrogens with one attached hydrogen (secondary N) is 1. The lowest BCUT2D eigenvalue weighted by Crippen LogP contribution is -2.13. The number of hydrogen-bond donors (Lipinski definition) is 1. The molecule has 0 saturated heterocycles. The molecule has 168 valence electrons. The third kappa shape index (κ3) is 6.60. The number of methoxy groups -OCH3 is 1. The van der Waals surface area contributed by atoms with Gasteiger partial charge in [0.05, 0.1) is 21.4 Å². The highest BCUT2D eigenvalue weighted by Gasteiger charge is 2.15. The van der Waals surface area contributed by atoms with Crippen LogP contribution in [0.1, 0.15) is 11.1 Å². The van der Waals surface area contributed by atoms with Crippen molar-refractivity contribution < 1.29 is 18.7 Å². The number of hydrogen-bond acceptors (Lipinski definition) is 4. The van der Waals surface area contributed by atoms with Gasteiger partial charge in [0.2, 0.25) is 0 Å². The topological polar surface area (TPSA) is 71.3 Å². The molecule has 1 amide bonds. The summed E-state index contributed by atoms with van der Waals surface area (Å²) in [6, 6.07) is 15.9. The molecule has 0 aliphatic rings. The molecule has 1 N–H and O–H groups in total. The molecule has 0 atom stereocenters. The molecule has 0 heterocycles. The molecule has 3 aromatic rings. The lowest BCUT2D eigenvalue weighted by molar-refractivity contribution is -0.112. The molecule has 0 saturated carbocycles. The summed E-state index contributed by atoms with van der Waals surface area (Å²) in [6.45, 7) is 0.216. The molecular formula is C24H16Cl2FIN2O3. The molecule has 9 heteroatoms. The van der Waals surface area contributed by atoms with Gasteiger partial charge in [0.1, 0.15) is 24.1 Å². The fourth-order valence-corrected chi connectivity index (χ4v) is 3.92. The van der Waals surface area contributed by atoms with Crippen molar-refractivity contribution in [3.05, 3.63) is 90.7 Å². The molecule has 3 rings (SSSR count). The Labute approximate surface area is 213 Å². The van der Waals surface area contributed by atoms with Gasteiger partial charge in [-0.15, -0.1) is 0 Å². The Morgan fingerprint density at radius 3 is 2.58 bits per heavy atom. The monoisotopic (exact) mass is 596 g/mol. The van der Waals surface area contributed by atoms with Gasteiger partial charge in [-0.05, 0) is 82.3 Å². The van der Waals surface area contributed by atoms with Gasteiger partial charge in [0.25, 0.3) is 5.91 Å². The number of carbonyl (C=O) groups excluding carboxylic acids is 1. The summed E-state index contributed by atoms with van der Waals surface area (Å²) >= 11 is 14.1. The van der Waals surface area contributed by atoms with Crippen LogP contribution in [0.3, 0.4) is 0 Å². The molecule has 3 aromatic carbocycles. The van der Waals surface area contributed by atoms with Gasteiger partial charge in [-0.25, -0.2) is 4.39 Å². The molecule has 0 radical (unpaired) electrons. The van der Waals surface area contributed by atoms with E-state index in [1.54, 1.807) is 36.4 Å². The van der Waals surface area contributed by atoms with E-state index < -0.39 is 5.91 Å². The number of rotatable bonds is 7. The van der Waals surface area contributed by atoms with Crippen LogP contribution >= 0.6 is 45.8 Å². The van der Waals surface area contributed by atoms with E-state index in [0.717, 1.165) is 5.56 Å². The van der Waals surface area contributed by atoms with E-state index in [4.69, 9.17) is 32.7 Å². The van der Waals surface area contributed by atoms with Gasteiger partial charge in [-0.2, -0.15) is 5.26 Å². The van der Waals surface area contributed by atoms with Crippen molar-refractivity contribution in [3.8, 4) is 17.6 Å². The third-order valence-corrected chi connectivity index (χ3v) is 5.77. The van der Waals surface area contributed by atoms with E-state index in [9.17, 15) is 14.4 Å². The van der Waals surface area contributed by atoms with Crippen molar-refractivity contribution in [1.29, 1.82) is 5.26 Å². The second-order valence-electron chi connectivity index (χ2n) is 6.70. The van der Waals surface area contributed by atoms with E-state index in [2.05, 4.69) is 27.9 Å². The second kappa shape index (κ2) is 11.4. The van der Waals surface area contributed by atoms with Gasteiger partial charge < -0.3 is 14.8 Å². The van der Waals surface area contributed by atoms with Gasteiger partial charge in [0, 0.05) is 5.02 Å². The predicted octanol–water partition coefficient (Wildman–Crippen LogP) is 6.87. The van der Waals surface area contributed by atoms with Crippen LogP contribution in [0.5, 0.6) is 11.5 Å². The van der Waals surface area contributed by atoms with Crippen LogP contribution in [0, 0.1) is 20.7 Å². The van der Waals surface area contributed by atoms with Crippen molar-refractivity contribution >= 4 is 63.5 Å². The Morgan fingerprint density at radius 2 is 1.91 bits per heavy atom. The van der Waals surface area contributed by atoms with Gasteiger partial charge in [-0.3, -0.25) is 4.79 Å². The van der Waals surface area contributed by atoms with Crippen molar-refractivity contribution in [2.45, 2.75) is 6.61 Å². The van der Waals surface area contributed by atoms with E-state index in [0.29, 0.717) is 36.4 Å². The smallest absolute Gasteiger partial charge is 0.266 e. The van der Waals surface area contributed by atoms with Crippen LogP contribution in [-0.4, -0.2) is 13.0 Å². The zero-order valence-electron chi connectivity index (χ0n) is 17.2. The molecule has 0 aliphatic carbocycles. The van der Waals surface area contributed by atoms with Crippen molar-refractivity contribution in [2.75, 3.05) is 12.4 Å². The molecule has 0 spiro atoms. The summed E-state index contributed by atoms with van der Waals surface area (Å²) in [5, 5.41) is 12.8. The number of amides is 1. The molecule has 33 heavy (non-hydrogen) atoms. The first-order valence-electron chi connectivity index (χ1n) is 9.43. The Kier molecular flexibility index (Phi) is 8.55. The fraction of sp³-hybridized carbons (Fsp3) is 0.0833. The summed E-state index contributed by atoms with van der Waals surface area (Å²) in [4.78, 5) is 12.6. The van der Waals surface area contributed by atoms with Crippen LogP contribution in [0.15, 0.2) is 60.2 Å². The molecule has 0 aromatic heterocycles. The highest BCUT2D eigenvalue weighted by Crippen LogP contribution is 2.35. The number of ether oxygens (including phenoxy) is 2. The Morgan fingerprint density at radius 1 is 1.18 bits per heavy atom. The minimum absolute atomic E-state index is 0.135.